The van der Waals surface area contributed by atoms with Gasteiger partial charge in [-0.05, 0) is 12.1 Å². The summed E-state index contributed by atoms with van der Waals surface area (Å²) in [5.41, 5.74) is 0.684. The number of aromatic hydroxyl groups is 1. The van der Waals surface area contributed by atoms with E-state index in [1.54, 1.807) is 18.2 Å². The molecule has 0 fully saturated rings. The number of aldehydes is 1. The lowest BCUT2D eigenvalue weighted by Crippen LogP contribution is -1.81. The van der Waals surface area contributed by atoms with Gasteiger partial charge in [0.2, 0.25) is 5.89 Å². The zero-order valence-corrected chi connectivity index (χ0v) is 7.18. The molecule has 2 aromatic rings. The van der Waals surface area contributed by atoms with Crippen molar-refractivity contribution in [3.63, 3.8) is 0 Å². The molecule has 2 rings (SSSR count). The van der Waals surface area contributed by atoms with Crippen LogP contribution in [0.25, 0.3) is 11.5 Å². The summed E-state index contributed by atoms with van der Waals surface area (Å²) in [5.74, 6) is 0.317. The number of phenols is 1. The van der Waals surface area contributed by atoms with Gasteiger partial charge in [-0.1, -0.05) is 12.1 Å². The van der Waals surface area contributed by atoms with E-state index in [4.69, 9.17) is 4.42 Å². The van der Waals surface area contributed by atoms with Crippen LogP contribution in [-0.2, 0) is 0 Å². The minimum atomic E-state index is 0.0757. The smallest absolute Gasteiger partial charge is 0.230 e. The second-order valence-electron chi connectivity index (χ2n) is 2.71. The van der Waals surface area contributed by atoms with Crippen LogP contribution in [0, 0.1) is 0 Å². The predicted molar refractivity (Wildman–Crippen MR) is 49.0 cm³/mol. The lowest BCUT2D eigenvalue weighted by atomic mass is 10.2. The predicted octanol–water partition coefficient (Wildman–Crippen LogP) is 1.86. The molecular formula is C10H7NO3. The Morgan fingerprint density at radius 3 is 2.79 bits per heavy atom. The van der Waals surface area contributed by atoms with E-state index in [2.05, 4.69) is 4.98 Å². The largest absolute Gasteiger partial charge is 0.507 e. The second-order valence-corrected chi connectivity index (χ2v) is 2.71. The Balaban J connectivity index is 2.49. The molecule has 0 unspecified atom stereocenters. The number of rotatable bonds is 2. The Morgan fingerprint density at radius 2 is 2.14 bits per heavy atom. The lowest BCUT2D eigenvalue weighted by molar-refractivity contribution is 0.111. The van der Waals surface area contributed by atoms with Gasteiger partial charge in [0.15, 0.2) is 6.29 Å². The van der Waals surface area contributed by atoms with Crippen molar-refractivity contribution in [2.45, 2.75) is 0 Å². The van der Waals surface area contributed by atoms with Gasteiger partial charge in [-0.25, -0.2) is 4.98 Å². The SMILES string of the molecule is O=Cc1coc(-c2ccccc2O)n1. The molecule has 0 aliphatic heterocycles. The number of carbonyl (C=O) groups is 1. The van der Waals surface area contributed by atoms with Crippen molar-refractivity contribution < 1.29 is 14.3 Å². The zero-order chi connectivity index (χ0) is 9.97. The van der Waals surface area contributed by atoms with Crippen molar-refractivity contribution in [1.82, 2.24) is 4.98 Å². The Bertz CT molecular complexity index is 462. The van der Waals surface area contributed by atoms with E-state index in [0.717, 1.165) is 0 Å². The summed E-state index contributed by atoms with van der Waals surface area (Å²) in [5, 5.41) is 9.46. The highest BCUT2D eigenvalue weighted by Crippen LogP contribution is 2.27. The molecule has 0 atom stereocenters. The summed E-state index contributed by atoms with van der Waals surface area (Å²) in [6.07, 6.45) is 1.84. The maximum atomic E-state index is 10.4. The highest BCUT2D eigenvalue weighted by Gasteiger charge is 2.09. The van der Waals surface area contributed by atoms with Crippen molar-refractivity contribution in [3.8, 4) is 17.2 Å². The Kier molecular flexibility index (Phi) is 2.02. The molecule has 1 N–H and O–H groups in total. The fourth-order valence-electron chi connectivity index (χ4n) is 1.12. The number of hydrogen-bond donors (Lipinski definition) is 1. The molecule has 14 heavy (non-hydrogen) atoms. The quantitative estimate of drug-likeness (QED) is 0.732. The molecule has 4 nitrogen and oxygen atoms in total. The summed E-state index contributed by atoms with van der Waals surface area (Å²) in [6, 6.07) is 6.64. The number of carbonyl (C=O) groups excluding carboxylic acids is 1. The fourth-order valence-corrected chi connectivity index (χ4v) is 1.12. The number of oxazole rings is 1. The molecule has 1 aromatic carbocycles. The van der Waals surface area contributed by atoms with E-state index >= 15 is 0 Å². The number of hydrogen-bond acceptors (Lipinski definition) is 4. The van der Waals surface area contributed by atoms with Gasteiger partial charge in [0.25, 0.3) is 0 Å². The monoisotopic (exact) mass is 189 g/mol. The molecular weight excluding hydrogens is 182 g/mol. The van der Waals surface area contributed by atoms with Crippen LogP contribution in [-0.4, -0.2) is 16.4 Å². The molecule has 0 aliphatic rings. The molecule has 70 valence electrons. The zero-order valence-electron chi connectivity index (χ0n) is 7.18. The summed E-state index contributed by atoms with van der Waals surface area (Å²) < 4.78 is 5.02. The van der Waals surface area contributed by atoms with Crippen LogP contribution in [0.1, 0.15) is 10.5 Å². The van der Waals surface area contributed by atoms with Gasteiger partial charge in [-0.15, -0.1) is 0 Å². The molecule has 0 saturated carbocycles. The van der Waals surface area contributed by atoms with Gasteiger partial charge in [0.05, 0.1) is 5.56 Å². The molecule has 0 bridgehead atoms. The van der Waals surface area contributed by atoms with E-state index in [-0.39, 0.29) is 17.3 Å². The second kappa shape index (κ2) is 3.33. The molecule has 4 heteroatoms. The van der Waals surface area contributed by atoms with Gasteiger partial charge < -0.3 is 9.52 Å². The van der Waals surface area contributed by atoms with Crippen molar-refractivity contribution >= 4 is 6.29 Å². The van der Waals surface area contributed by atoms with Crippen LogP contribution in [0.4, 0.5) is 0 Å². The van der Waals surface area contributed by atoms with E-state index in [0.29, 0.717) is 11.8 Å². The maximum absolute atomic E-state index is 10.4. The van der Waals surface area contributed by atoms with E-state index < -0.39 is 0 Å². The lowest BCUT2D eigenvalue weighted by Gasteiger charge is -1.97. The number of para-hydroxylation sites is 1. The summed E-state index contributed by atoms with van der Waals surface area (Å²) in [7, 11) is 0. The van der Waals surface area contributed by atoms with Crippen LogP contribution < -0.4 is 0 Å². The first-order chi connectivity index (χ1) is 6.81. The molecule has 0 spiro atoms. The number of nitrogens with zero attached hydrogens (tertiary/aromatic N) is 1. The Labute approximate surface area is 79.8 Å². The average molecular weight is 189 g/mol. The third-order valence-electron chi connectivity index (χ3n) is 1.78. The highest BCUT2D eigenvalue weighted by atomic mass is 16.3. The van der Waals surface area contributed by atoms with Gasteiger partial charge >= 0.3 is 0 Å². The molecule has 0 amide bonds. The van der Waals surface area contributed by atoms with Crippen LogP contribution in [0.15, 0.2) is 34.9 Å². The number of phenolic OH excluding ortho intramolecular Hbond substituents is 1. The van der Waals surface area contributed by atoms with Gasteiger partial charge in [0.1, 0.15) is 17.7 Å². The average Bonchev–Trinajstić information content (AvgIpc) is 2.67. The highest BCUT2D eigenvalue weighted by molar-refractivity contribution is 5.73. The molecule has 1 heterocycles. The number of benzene rings is 1. The van der Waals surface area contributed by atoms with Crippen molar-refractivity contribution in [2.24, 2.45) is 0 Å². The topological polar surface area (TPSA) is 63.3 Å². The summed E-state index contributed by atoms with van der Waals surface area (Å²) in [4.78, 5) is 14.2. The fraction of sp³-hybridized carbons (Fsp3) is 0. The molecule has 0 aliphatic carbocycles. The minimum absolute atomic E-state index is 0.0757. The first-order valence-electron chi connectivity index (χ1n) is 4.00. The first kappa shape index (κ1) is 8.50. The Hall–Kier alpha value is -2.10. The summed E-state index contributed by atoms with van der Waals surface area (Å²) >= 11 is 0. The summed E-state index contributed by atoms with van der Waals surface area (Å²) in [6.45, 7) is 0. The van der Waals surface area contributed by atoms with Crippen LogP contribution >= 0.6 is 0 Å². The van der Waals surface area contributed by atoms with Crippen LogP contribution in [0.5, 0.6) is 5.75 Å². The Morgan fingerprint density at radius 1 is 1.36 bits per heavy atom. The van der Waals surface area contributed by atoms with Crippen molar-refractivity contribution in [2.75, 3.05) is 0 Å². The van der Waals surface area contributed by atoms with E-state index in [9.17, 15) is 9.90 Å². The van der Waals surface area contributed by atoms with Crippen molar-refractivity contribution in [1.29, 1.82) is 0 Å². The van der Waals surface area contributed by atoms with Crippen LogP contribution in [0.3, 0.4) is 0 Å². The maximum Gasteiger partial charge on any atom is 0.230 e. The molecule has 0 radical (unpaired) electrons. The van der Waals surface area contributed by atoms with Gasteiger partial charge in [-0.3, -0.25) is 4.79 Å². The molecule has 1 aromatic heterocycles. The van der Waals surface area contributed by atoms with E-state index in [1.807, 2.05) is 0 Å². The van der Waals surface area contributed by atoms with E-state index in [1.165, 1.54) is 12.3 Å². The van der Waals surface area contributed by atoms with Gasteiger partial charge in [0, 0.05) is 0 Å². The van der Waals surface area contributed by atoms with Crippen LogP contribution in [0.2, 0.25) is 0 Å². The number of aromatic nitrogens is 1. The van der Waals surface area contributed by atoms with Gasteiger partial charge in [-0.2, -0.15) is 0 Å². The third kappa shape index (κ3) is 1.37. The normalized spacial score (nSPS) is 10.0. The minimum Gasteiger partial charge on any atom is -0.507 e. The molecule has 0 saturated heterocycles. The standard InChI is InChI=1S/C10H7NO3/c12-5-7-6-14-10(11-7)8-3-1-2-4-9(8)13/h1-6,13H. The third-order valence-corrected chi connectivity index (χ3v) is 1.78. The first-order valence-corrected chi connectivity index (χ1v) is 4.00. The van der Waals surface area contributed by atoms with Crippen molar-refractivity contribution in [3.05, 3.63) is 36.2 Å².